The zero-order valence-electron chi connectivity index (χ0n) is 18.0. The molecular formula is C25H23FN4O2. The first-order valence-corrected chi connectivity index (χ1v) is 10.5. The maximum atomic E-state index is 13.6. The van der Waals surface area contributed by atoms with E-state index in [9.17, 15) is 20.2 Å². The molecule has 1 aliphatic carbocycles. The molecule has 162 valence electrons. The van der Waals surface area contributed by atoms with E-state index in [1.165, 1.54) is 24.3 Å². The van der Waals surface area contributed by atoms with Gasteiger partial charge in [-0.3, -0.25) is 5.41 Å². The van der Waals surface area contributed by atoms with Crippen molar-refractivity contribution in [3.05, 3.63) is 59.4 Å². The highest BCUT2D eigenvalue weighted by molar-refractivity contribution is 5.89. The molecule has 2 aliphatic heterocycles. The molecule has 0 saturated carbocycles. The Morgan fingerprint density at radius 1 is 1.19 bits per heavy atom. The van der Waals surface area contributed by atoms with Crippen molar-refractivity contribution in [1.29, 1.82) is 21.2 Å². The lowest BCUT2D eigenvalue weighted by Gasteiger charge is -2.49. The van der Waals surface area contributed by atoms with E-state index in [0.717, 1.165) is 17.6 Å². The van der Waals surface area contributed by atoms with Gasteiger partial charge in [-0.1, -0.05) is 25.2 Å². The second-order valence-corrected chi connectivity index (χ2v) is 8.87. The molecule has 0 amide bonds. The Bertz CT molecular complexity index is 1140. The van der Waals surface area contributed by atoms with Crippen LogP contribution in [0.1, 0.15) is 38.7 Å². The zero-order chi connectivity index (χ0) is 23.3. The van der Waals surface area contributed by atoms with Crippen molar-refractivity contribution in [2.75, 3.05) is 0 Å². The lowest BCUT2D eigenvalue weighted by atomic mass is 9.53. The van der Waals surface area contributed by atoms with Gasteiger partial charge in [0.15, 0.2) is 5.41 Å². The molecule has 32 heavy (non-hydrogen) atoms. The Morgan fingerprint density at radius 2 is 1.84 bits per heavy atom. The minimum absolute atomic E-state index is 0.294. The first-order chi connectivity index (χ1) is 15.2. The Labute approximate surface area is 186 Å². The molecule has 2 heterocycles. The smallest absolute Gasteiger partial charge is 0.244 e. The molecule has 3 aliphatic rings. The van der Waals surface area contributed by atoms with Crippen LogP contribution < -0.4 is 0 Å². The average molecular weight is 430 g/mol. The van der Waals surface area contributed by atoms with Gasteiger partial charge in [0, 0.05) is 5.56 Å². The Hall–Kier alpha value is -3.47. The van der Waals surface area contributed by atoms with Crippen LogP contribution in [0.5, 0.6) is 0 Å². The fourth-order valence-corrected chi connectivity index (χ4v) is 5.43. The van der Waals surface area contributed by atoms with Crippen LogP contribution in [0.2, 0.25) is 0 Å². The van der Waals surface area contributed by atoms with Crippen molar-refractivity contribution in [3.63, 3.8) is 0 Å². The number of allylic oxidation sites excluding steroid dienone is 2. The van der Waals surface area contributed by atoms with E-state index < -0.39 is 40.4 Å². The van der Waals surface area contributed by atoms with E-state index >= 15 is 0 Å². The van der Waals surface area contributed by atoms with Crippen LogP contribution in [-0.2, 0) is 15.3 Å². The number of hydrogen-bond donors (Lipinski definition) is 1. The summed E-state index contributed by atoms with van der Waals surface area (Å²) in [6.45, 7) is 7.64. The first-order valence-electron chi connectivity index (χ1n) is 10.5. The SMILES string of the molecule is C=C(C)C1CC=C(C2OC3(c4ccc(F)cc4)OC(=N)C(C#N)(C3C)C2(C#N)C#N)CC1. The maximum absolute atomic E-state index is 13.6. The number of nitrogens with zero attached hydrogens (tertiary/aromatic N) is 3. The van der Waals surface area contributed by atoms with Crippen molar-refractivity contribution in [3.8, 4) is 18.2 Å². The van der Waals surface area contributed by atoms with Gasteiger partial charge in [-0.25, -0.2) is 4.39 Å². The number of rotatable bonds is 3. The number of hydrogen-bond acceptors (Lipinski definition) is 6. The summed E-state index contributed by atoms with van der Waals surface area (Å²) in [6, 6.07) is 11.7. The Kier molecular flexibility index (Phi) is 4.96. The molecule has 6 nitrogen and oxygen atoms in total. The minimum atomic E-state index is -1.97. The molecule has 2 fully saturated rings. The van der Waals surface area contributed by atoms with Crippen LogP contribution in [0.4, 0.5) is 4.39 Å². The van der Waals surface area contributed by atoms with Gasteiger partial charge in [0.25, 0.3) is 0 Å². The lowest BCUT2D eigenvalue weighted by molar-refractivity contribution is -0.277. The van der Waals surface area contributed by atoms with Gasteiger partial charge in [-0.05, 0) is 61.9 Å². The number of ether oxygens (including phenoxy) is 2. The monoisotopic (exact) mass is 430 g/mol. The normalized spacial score (nSPS) is 34.9. The summed E-state index contributed by atoms with van der Waals surface area (Å²) in [7, 11) is 0. The molecule has 0 aromatic heterocycles. The van der Waals surface area contributed by atoms with E-state index in [0.29, 0.717) is 24.3 Å². The molecule has 0 radical (unpaired) electrons. The molecule has 1 aromatic rings. The molecular weight excluding hydrogens is 407 g/mol. The molecule has 5 atom stereocenters. The Morgan fingerprint density at radius 3 is 2.34 bits per heavy atom. The average Bonchev–Trinajstić information content (AvgIpc) is 2.96. The van der Waals surface area contributed by atoms with Gasteiger partial charge in [-0.15, -0.1) is 0 Å². The van der Waals surface area contributed by atoms with Crippen LogP contribution >= 0.6 is 0 Å². The van der Waals surface area contributed by atoms with E-state index in [-0.39, 0.29) is 0 Å². The van der Waals surface area contributed by atoms with Crippen molar-refractivity contribution in [2.45, 2.75) is 45.0 Å². The standard InChI is InChI=1S/C25H23FN4O2/c1-15(2)17-4-6-18(7-5-17)21-23(12-27,13-28)24(14-29)16(3)25(31-21,32-22(24)30)19-8-10-20(26)11-9-19/h6,8-11,16-17,21,30H,1,4-5,7H2,2-3H3. The summed E-state index contributed by atoms with van der Waals surface area (Å²) in [4.78, 5) is 0. The highest BCUT2D eigenvalue weighted by Gasteiger charge is 2.79. The minimum Gasteiger partial charge on any atom is -0.443 e. The van der Waals surface area contributed by atoms with Crippen molar-refractivity contribution in [1.82, 2.24) is 0 Å². The molecule has 2 saturated heterocycles. The third-order valence-electron chi connectivity index (χ3n) is 7.40. The van der Waals surface area contributed by atoms with E-state index in [1.807, 2.05) is 13.0 Å². The number of fused-ring (bicyclic) bond motifs is 2. The summed E-state index contributed by atoms with van der Waals surface area (Å²) < 4.78 is 26.0. The number of halogens is 1. The van der Waals surface area contributed by atoms with Gasteiger partial charge < -0.3 is 9.47 Å². The molecule has 0 spiro atoms. The zero-order valence-corrected chi connectivity index (χ0v) is 18.0. The van der Waals surface area contributed by atoms with Crippen molar-refractivity contribution >= 4 is 5.90 Å². The molecule has 1 aromatic carbocycles. The third-order valence-corrected chi connectivity index (χ3v) is 7.40. The molecule has 2 bridgehead atoms. The number of nitrogens with one attached hydrogen (secondary N) is 1. The van der Waals surface area contributed by atoms with Gasteiger partial charge in [0.1, 0.15) is 11.9 Å². The number of nitriles is 3. The fourth-order valence-electron chi connectivity index (χ4n) is 5.43. The van der Waals surface area contributed by atoms with E-state index in [4.69, 9.17) is 14.9 Å². The molecule has 7 heteroatoms. The van der Waals surface area contributed by atoms with E-state index in [1.54, 1.807) is 6.92 Å². The molecule has 5 unspecified atom stereocenters. The van der Waals surface area contributed by atoms with Gasteiger partial charge in [0.2, 0.25) is 17.1 Å². The quantitative estimate of drug-likeness (QED) is 0.688. The predicted molar refractivity (Wildman–Crippen MR) is 113 cm³/mol. The first kappa shape index (κ1) is 21.8. The van der Waals surface area contributed by atoms with Gasteiger partial charge >= 0.3 is 0 Å². The second-order valence-electron chi connectivity index (χ2n) is 8.87. The largest absolute Gasteiger partial charge is 0.443 e. The second kappa shape index (κ2) is 7.30. The highest BCUT2D eigenvalue weighted by Crippen LogP contribution is 2.66. The van der Waals surface area contributed by atoms with Crippen LogP contribution in [0.15, 0.2) is 48.1 Å². The fraction of sp³-hybridized carbons (Fsp3) is 0.440. The topological polar surface area (TPSA) is 114 Å². The Balaban J connectivity index is 1.93. The van der Waals surface area contributed by atoms with Crippen LogP contribution in [0, 0.1) is 67.9 Å². The summed E-state index contributed by atoms with van der Waals surface area (Å²) >= 11 is 0. The van der Waals surface area contributed by atoms with Crippen molar-refractivity contribution < 1.29 is 13.9 Å². The summed E-state index contributed by atoms with van der Waals surface area (Å²) in [5.41, 5.74) is -1.59. The summed E-state index contributed by atoms with van der Waals surface area (Å²) in [5, 5.41) is 39.5. The lowest BCUT2D eigenvalue weighted by Crippen LogP contribution is -2.61. The van der Waals surface area contributed by atoms with E-state index in [2.05, 4.69) is 24.8 Å². The summed E-state index contributed by atoms with van der Waals surface area (Å²) in [6.07, 6.45) is 2.92. The highest BCUT2D eigenvalue weighted by atomic mass is 19.1. The van der Waals surface area contributed by atoms with Crippen LogP contribution in [0.25, 0.3) is 0 Å². The molecule has 1 N–H and O–H groups in total. The van der Waals surface area contributed by atoms with Gasteiger partial charge in [0.05, 0.1) is 24.1 Å². The molecule has 4 rings (SSSR count). The number of benzene rings is 1. The predicted octanol–water partition coefficient (Wildman–Crippen LogP) is 4.87. The summed E-state index contributed by atoms with van der Waals surface area (Å²) in [5.74, 6) is -3.08. The van der Waals surface area contributed by atoms with Gasteiger partial charge in [-0.2, -0.15) is 15.8 Å². The van der Waals surface area contributed by atoms with Crippen molar-refractivity contribution in [2.24, 2.45) is 22.7 Å². The van der Waals surface area contributed by atoms with Crippen LogP contribution in [-0.4, -0.2) is 12.0 Å². The van der Waals surface area contributed by atoms with Crippen LogP contribution in [0.3, 0.4) is 0 Å². The maximum Gasteiger partial charge on any atom is 0.244 e. The third kappa shape index (κ3) is 2.54.